The summed E-state index contributed by atoms with van der Waals surface area (Å²) in [6.45, 7) is 0.0996. The van der Waals surface area contributed by atoms with Gasteiger partial charge in [-0.05, 0) is 31.4 Å². The molecule has 1 aliphatic carbocycles. The van der Waals surface area contributed by atoms with Gasteiger partial charge in [0.15, 0.2) is 0 Å². The van der Waals surface area contributed by atoms with Crippen LogP contribution < -0.4 is 10.5 Å². The SMILES string of the molecule is COC1CCC(NS(=O)(=O)c2cccnc2CN)C1. The van der Waals surface area contributed by atoms with Crippen LogP contribution in [0.25, 0.3) is 0 Å². The standard InChI is InChI=1S/C12H19N3O3S/c1-18-10-5-4-9(7-10)15-19(16,17)12-3-2-6-14-11(12)8-13/h2-3,6,9-10,15H,4-5,7-8,13H2,1H3. The average molecular weight is 285 g/mol. The van der Waals surface area contributed by atoms with E-state index in [1.165, 1.54) is 12.3 Å². The molecule has 106 valence electrons. The number of nitrogens with two attached hydrogens (primary N) is 1. The normalized spacial score (nSPS) is 23.7. The Balaban J connectivity index is 2.15. The van der Waals surface area contributed by atoms with Crippen molar-refractivity contribution in [2.75, 3.05) is 7.11 Å². The molecule has 1 aliphatic rings. The number of hydrogen-bond acceptors (Lipinski definition) is 5. The molecule has 1 heterocycles. The first-order valence-corrected chi connectivity index (χ1v) is 7.74. The molecule has 2 rings (SSSR count). The Labute approximate surface area is 113 Å². The van der Waals surface area contributed by atoms with Crippen LogP contribution in [0, 0.1) is 0 Å². The topological polar surface area (TPSA) is 94.3 Å². The predicted molar refractivity (Wildman–Crippen MR) is 70.9 cm³/mol. The first-order chi connectivity index (χ1) is 9.06. The van der Waals surface area contributed by atoms with Crippen LogP contribution in [0.2, 0.25) is 0 Å². The minimum Gasteiger partial charge on any atom is -0.381 e. The lowest BCUT2D eigenvalue weighted by Crippen LogP contribution is -2.34. The zero-order valence-corrected chi connectivity index (χ0v) is 11.7. The number of aromatic nitrogens is 1. The lowest BCUT2D eigenvalue weighted by molar-refractivity contribution is 0.107. The van der Waals surface area contributed by atoms with E-state index >= 15 is 0 Å². The Bertz CT molecular complexity index is 533. The monoisotopic (exact) mass is 285 g/mol. The Morgan fingerprint density at radius 3 is 2.95 bits per heavy atom. The van der Waals surface area contributed by atoms with E-state index in [0.29, 0.717) is 12.1 Å². The highest BCUT2D eigenvalue weighted by Crippen LogP contribution is 2.23. The van der Waals surface area contributed by atoms with Crippen molar-refractivity contribution >= 4 is 10.0 Å². The van der Waals surface area contributed by atoms with E-state index in [0.717, 1.165) is 12.8 Å². The largest absolute Gasteiger partial charge is 0.381 e. The van der Waals surface area contributed by atoms with Crippen LogP contribution in [0.3, 0.4) is 0 Å². The third-order valence-corrected chi connectivity index (χ3v) is 4.97. The second kappa shape index (κ2) is 5.96. The maximum atomic E-state index is 12.3. The molecule has 0 aliphatic heterocycles. The molecular weight excluding hydrogens is 266 g/mol. The van der Waals surface area contributed by atoms with E-state index in [1.807, 2.05) is 0 Å². The quantitative estimate of drug-likeness (QED) is 0.816. The van der Waals surface area contributed by atoms with Crippen LogP contribution in [-0.4, -0.2) is 32.7 Å². The van der Waals surface area contributed by atoms with Gasteiger partial charge in [-0.25, -0.2) is 13.1 Å². The molecule has 0 saturated heterocycles. The highest BCUT2D eigenvalue weighted by atomic mass is 32.2. The molecule has 19 heavy (non-hydrogen) atoms. The molecule has 2 atom stereocenters. The smallest absolute Gasteiger partial charge is 0.242 e. The summed E-state index contributed by atoms with van der Waals surface area (Å²) in [5.74, 6) is 0. The fourth-order valence-electron chi connectivity index (χ4n) is 2.37. The molecule has 6 nitrogen and oxygen atoms in total. The second-order valence-corrected chi connectivity index (χ2v) is 6.32. The average Bonchev–Trinajstić information content (AvgIpc) is 2.85. The van der Waals surface area contributed by atoms with Gasteiger partial charge in [-0.3, -0.25) is 4.98 Å². The second-order valence-electron chi connectivity index (χ2n) is 4.64. The number of methoxy groups -OCH3 is 1. The van der Waals surface area contributed by atoms with Gasteiger partial charge in [-0.2, -0.15) is 0 Å². The minimum absolute atomic E-state index is 0.0826. The van der Waals surface area contributed by atoms with Gasteiger partial charge < -0.3 is 10.5 Å². The summed E-state index contributed by atoms with van der Waals surface area (Å²) in [4.78, 5) is 4.17. The molecule has 2 unspecified atom stereocenters. The molecule has 7 heteroatoms. The highest BCUT2D eigenvalue weighted by molar-refractivity contribution is 7.89. The molecule has 0 spiro atoms. The summed E-state index contributed by atoms with van der Waals surface area (Å²) in [5.41, 5.74) is 5.91. The van der Waals surface area contributed by atoms with Gasteiger partial charge in [-0.15, -0.1) is 0 Å². The number of sulfonamides is 1. The Kier molecular flexibility index (Phi) is 4.51. The molecule has 1 saturated carbocycles. The molecule has 0 bridgehead atoms. The van der Waals surface area contributed by atoms with Crippen molar-refractivity contribution in [3.63, 3.8) is 0 Å². The number of nitrogens with one attached hydrogen (secondary N) is 1. The van der Waals surface area contributed by atoms with Crippen molar-refractivity contribution in [1.82, 2.24) is 9.71 Å². The first-order valence-electron chi connectivity index (χ1n) is 6.26. The van der Waals surface area contributed by atoms with Gasteiger partial charge in [0.25, 0.3) is 0 Å². The van der Waals surface area contributed by atoms with Crippen LogP contribution in [0.4, 0.5) is 0 Å². The van der Waals surface area contributed by atoms with E-state index in [1.54, 1.807) is 13.2 Å². The van der Waals surface area contributed by atoms with Crippen LogP contribution in [0.1, 0.15) is 25.0 Å². The molecule has 3 N–H and O–H groups in total. The van der Waals surface area contributed by atoms with Crippen molar-refractivity contribution in [2.45, 2.75) is 42.8 Å². The number of nitrogens with zero attached hydrogens (tertiary/aromatic N) is 1. The zero-order valence-electron chi connectivity index (χ0n) is 10.9. The van der Waals surface area contributed by atoms with Crippen molar-refractivity contribution in [3.05, 3.63) is 24.0 Å². The van der Waals surface area contributed by atoms with Crippen molar-refractivity contribution in [2.24, 2.45) is 5.73 Å². The number of rotatable bonds is 5. The molecular formula is C12H19N3O3S. The van der Waals surface area contributed by atoms with E-state index in [4.69, 9.17) is 10.5 Å². The number of pyridine rings is 1. The fraction of sp³-hybridized carbons (Fsp3) is 0.583. The fourth-order valence-corrected chi connectivity index (χ4v) is 3.85. The van der Waals surface area contributed by atoms with Crippen molar-refractivity contribution < 1.29 is 13.2 Å². The maximum absolute atomic E-state index is 12.3. The van der Waals surface area contributed by atoms with Crippen LogP contribution in [-0.2, 0) is 21.3 Å². The van der Waals surface area contributed by atoms with Crippen LogP contribution >= 0.6 is 0 Å². The zero-order chi connectivity index (χ0) is 13.9. The van der Waals surface area contributed by atoms with Gasteiger partial charge in [0.2, 0.25) is 10.0 Å². The summed E-state index contributed by atoms with van der Waals surface area (Å²) < 4.78 is 32.6. The van der Waals surface area contributed by atoms with Crippen molar-refractivity contribution in [3.8, 4) is 0 Å². The summed E-state index contributed by atoms with van der Waals surface area (Å²) >= 11 is 0. The highest BCUT2D eigenvalue weighted by Gasteiger charge is 2.29. The molecule has 1 aromatic rings. The molecule has 0 amide bonds. The van der Waals surface area contributed by atoms with Gasteiger partial charge >= 0.3 is 0 Å². The molecule has 1 aromatic heterocycles. The van der Waals surface area contributed by atoms with Crippen molar-refractivity contribution in [1.29, 1.82) is 0 Å². The molecule has 0 aromatic carbocycles. The van der Waals surface area contributed by atoms with Gasteiger partial charge in [0, 0.05) is 25.9 Å². The summed E-state index contributed by atoms with van der Waals surface area (Å²) in [5, 5.41) is 0. The van der Waals surface area contributed by atoms with Crippen LogP contribution in [0.15, 0.2) is 23.2 Å². The number of ether oxygens (including phenoxy) is 1. The Morgan fingerprint density at radius 2 is 2.32 bits per heavy atom. The molecule has 0 radical (unpaired) electrons. The lowest BCUT2D eigenvalue weighted by Gasteiger charge is -2.14. The van der Waals surface area contributed by atoms with E-state index in [2.05, 4.69) is 9.71 Å². The number of hydrogen-bond donors (Lipinski definition) is 2. The third-order valence-electron chi connectivity index (χ3n) is 3.37. The van der Waals surface area contributed by atoms with Crippen LogP contribution in [0.5, 0.6) is 0 Å². The first kappa shape index (κ1) is 14.4. The lowest BCUT2D eigenvalue weighted by atomic mass is 10.3. The van der Waals surface area contributed by atoms with E-state index in [-0.39, 0.29) is 23.6 Å². The summed E-state index contributed by atoms with van der Waals surface area (Å²) in [6.07, 6.45) is 4.04. The Hall–Kier alpha value is -1.02. The maximum Gasteiger partial charge on any atom is 0.242 e. The van der Waals surface area contributed by atoms with E-state index < -0.39 is 10.0 Å². The summed E-state index contributed by atoms with van der Waals surface area (Å²) in [7, 11) is -1.92. The minimum atomic E-state index is -3.57. The van der Waals surface area contributed by atoms with Gasteiger partial charge in [0.05, 0.1) is 11.8 Å². The van der Waals surface area contributed by atoms with Gasteiger partial charge in [0.1, 0.15) is 4.90 Å². The predicted octanol–water partition coefficient (Wildman–Crippen LogP) is 0.386. The van der Waals surface area contributed by atoms with Gasteiger partial charge in [-0.1, -0.05) is 0 Å². The van der Waals surface area contributed by atoms with E-state index in [9.17, 15) is 8.42 Å². The molecule has 1 fully saturated rings. The summed E-state index contributed by atoms with van der Waals surface area (Å²) in [6, 6.07) is 3.04. The third kappa shape index (κ3) is 3.30. The Morgan fingerprint density at radius 1 is 1.53 bits per heavy atom.